The minimum absolute atomic E-state index is 0.548. The molecule has 1 aliphatic rings. The van der Waals surface area contributed by atoms with Gasteiger partial charge in [0, 0.05) is 25.7 Å². The first kappa shape index (κ1) is 15.5. The molecule has 1 aromatic carbocycles. The highest BCUT2D eigenvalue weighted by Crippen LogP contribution is 2.23. The maximum Gasteiger partial charge on any atom is 0.0233 e. The highest BCUT2D eigenvalue weighted by Gasteiger charge is 2.22. The molecule has 2 rings (SSSR count). The molecule has 1 aliphatic heterocycles. The standard InChI is InChI=1S/C18H30N2/c1-14(2)19-11-17-5-7-18(8-6-17)13-20-10-9-15(3)16(4)12-20/h5-8,14-16,19H,9-13H2,1-4H3. The summed E-state index contributed by atoms with van der Waals surface area (Å²) in [7, 11) is 0. The van der Waals surface area contributed by atoms with E-state index >= 15 is 0 Å². The molecule has 1 aromatic rings. The third-order valence-corrected chi connectivity index (χ3v) is 4.56. The number of likely N-dealkylation sites (tertiary alicyclic amines) is 1. The lowest BCUT2D eigenvalue weighted by atomic mass is 9.88. The average molecular weight is 274 g/mol. The van der Waals surface area contributed by atoms with Crippen LogP contribution in [0.1, 0.15) is 45.2 Å². The third kappa shape index (κ3) is 4.60. The lowest BCUT2D eigenvalue weighted by Crippen LogP contribution is -2.37. The van der Waals surface area contributed by atoms with E-state index in [-0.39, 0.29) is 0 Å². The first-order valence-electron chi connectivity index (χ1n) is 8.08. The van der Waals surface area contributed by atoms with Crippen LogP contribution in [-0.2, 0) is 13.1 Å². The van der Waals surface area contributed by atoms with E-state index in [9.17, 15) is 0 Å². The predicted molar refractivity (Wildman–Crippen MR) is 86.6 cm³/mol. The van der Waals surface area contributed by atoms with Crippen LogP contribution in [0.15, 0.2) is 24.3 Å². The zero-order valence-corrected chi connectivity index (χ0v) is 13.5. The second-order valence-corrected chi connectivity index (χ2v) is 6.83. The van der Waals surface area contributed by atoms with Gasteiger partial charge in [-0.3, -0.25) is 4.90 Å². The van der Waals surface area contributed by atoms with Crippen molar-refractivity contribution in [2.75, 3.05) is 13.1 Å². The van der Waals surface area contributed by atoms with Crippen molar-refractivity contribution >= 4 is 0 Å². The van der Waals surface area contributed by atoms with Gasteiger partial charge in [-0.05, 0) is 35.9 Å². The van der Waals surface area contributed by atoms with Crippen molar-refractivity contribution in [2.45, 2.75) is 53.2 Å². The maximum absolute atomic E-state index is 3.46. The molecule has 112 valence electrons. The molecule has 2 unspecified atom stereocenters. The fourth-order valence-electron chi connectivity index (χ4n) is 2.84. The van der Waals surface area contributed by atoms with Crippen LogP contribution >= 0.6 is 0 Å². The van der Waals surface area contributed by atoms with E-state index in [1.165, 1.54) is 30.6 Å². The molecular formula is C18H30N2. The van der Waals surface area contributed by atoms with Crippen LogP contribution in [-0.4, -0.2) is 24.0 Å². The maximum atomic E-state index is 3.46. The fraction of sp³-hybridized carbons (Fsp3) is 0.667. The molecule has 0 saturated carbocycles. The Labute approximate surface area is 124 Å². The van der Waals surface area contributed by atoms with Gasteiger partial charge in [0.2, 0.25) is 0 Å². The zero-order valence-electron chi connectivity index (χ0n) is 13.5. The van der Waals surface area contributed by atoms with Gasteiger partial charge in [0.1, 0.15) is 0 Å². The molecule has 0 amide bonds. The van der Waals surface area contributed by atoms with Crippen LogP contribution in [0.3, 0.4) is 0 Å². The van der Waals surface area contributed by atoms with Gasteiger partial charge >= 0.3 is 0 Å². The summed E-state index contributed by atoms with van der Waals surface area (Å²) < 4.78 is 0. The highest BCUT2D eigenvalue weighted by molar-refractivity contribution is 5.22. The lowest BCUT2D eigenvalue weighted by molar-refractivity contribution is 0.132. The highest BCUT2D eigenvalue weighted by atomic mass is 15.1. The van der Waals surface area contributed by atoms with Gasteiger partial charge in [-0.15, -0.1) is 0 Å². The normalized spacial score (nSPS) is 24.2. The van der Waals surface area contributed by atoms with Crippen molar-refractivity contribution < 1.29 is 0 Å². The molecule has 0 radical (unpaired) electrons. The second-order valence-electron chi connectivity index (χ2n) is 6.83. The minimum atomic E-state index is 0.548. The van der Waals surface area contributed by atoms with Crippen LogP contribution in [0.2, 0.25) is 0 Å². The zero-order chi connectivity index (χ0) is 14.5. The number of nitrogens with zero attached hydrogens (tertiary/aromatic N) is 1. The van der Waals surface area contributed by atoms with Gasteiger partial charge in [0.15, 0.2) is 0 Å². The Morgan fingerprint density at radius 2 is 1.75 bits per heavy atom. The van der Waals surface area contributed by atoms with Crippen molar-refractivity contribution in [3.63, 3.8) is 0 Å². The monoisotopic (exact) mass is 274 g/mol. The Balaban J connectivity index is 1.84. The molecule has 20 heavy (non-hydrogen) atoms. The van der Waals surface area contributed by atoms with E-state index in [2.05, 4.69) is 62.2 Å². The minimum Gasteiger partial charge on any atom is -0.310 e. The lowest BCUT2D eigenvalue weighted by Gasteiger charge is -2.35. The van der Waals surface area contributed by atoms with Gasteiger partial charge in [-0.25, -0.2) is 0 Å². The van der Waals surface area contributed by atoms with Crippen molar-refractivity contribution in [3.05, 3.63) is 35.4 Å². The van der Waals surface area contributed by atoms with Gasteiger partial charge in [-0.1, -0.05) is 52.0 Å². The van der Waals surface area contributed by atoms with E-state index in [1.807, 2.05) is 0 Å². The summed E-state index contributed by atoms with van der Waals surface area (Å²) in [6.45, 7) is 13.7. The first-order valence-corrected chi connectivity index (χ1v) is 8.08. The van der Waals surface area contributed by atoms with Gasteiger partial charge in [-0.2, -0.15) is 0 Å². The Bertz CT molecular complexity index is 396. The Hall–Kier alpha value is -0.860. The molecule has 1 fully saturated rings. The predicted octanol–water partition coefficient (Wildman–Crippen LogP) is 3.66. The Morgan fingerprint density at radius 1 is 1.10 bits per heavy atom. The molecular weight excluding hydrogens is 244 g/mol. The molecule has 0 aliphatic carbocycles. The molecule has 2 atom stereocenters. The topological polar surface area (TPSA) is 15.3 Å². The summed E-state index contributed by atoms with van der Waals surface area (Å²) >= 11 is 0. The van der Waals surface area contributed by atoms with E-state index in [0.717, 1.165) is 24.9 Å². The average Bonchev–Trinajstić information content (AvgIpc) is 2.42. The van der Waals surface area contributed by atoms with Gasteiger partial charge in [0.25, 0.3) is 0 Å². The number of hydrogen-bond acceptors (Lipinski definition) is 2. The smallest absolute Gasteiger partial charge is 0.0233 e. The molecule has 1 heterocycles. The van der Waals surface area contributed by atoms with E-state index in [1.54, 1.807) is 0 Å². The summed E-state index contributed by atoms with van der Waals surface area (Å²) in [5, 5.41) is 3.46. The van der Waals surface area contributed by atoms with Crippen molar-refractivity contribution in [3.8, 4) is 0 Å². The van der Waals surface area contributed by atoms with Gasteiger partial charge < -0.3 is 5.32 Å². The summed E-state index contributed by atoms with van der Waals surface area (Å²) in [6.07, 6.45) is 1.34. The Kier molecular flexibility index (Phi) is 5.62. The van der Waals surface area contributed by atoms with Crippen LogP contribution < -0.4 is 5.32 Å². The van der Waals surface area contributed by atoms with Crippen LogP contribution in [0.5, 0.6) is 0 Å². The van der Waals surface area contributed by atoms with Gasteiger partial charge in [0.05, 0.1) is 0 Å². The van der Waals surface area contributed by atoms with E-state index < -0.39 is 0 Å². The first-order chi connectivity index (χ1) is 9.54. The largest absolute Gasteiger partial charge is 0.310 e. The summed E-state index contributed by atoms with van der Waals surface area (Å²) in [5.74, 6) is 1.72. The molecule has 0 spiro atoms. The summed E-state index contributed by atoms with van der Waals surface area (Å²) in [5.41, 5.74) is 2.82. The molecule has 2 heteroatoms. The molecule has 1 saturated heterocycles. The molecule has 2 nitrogen and oxygen atoms in total. The van der Waals surface area contributed by atoms with E-state index in [4.69, 9.17) is 0 Å². The van der Waals surface area contributed by atoms with E-state index in [0.29, 0.717) is 6.04 Å². The molecule has 0 aromatic heterocycles. The van der Waals surface area contributed by atoms with Crippen LogP contribution in [0, 0.1) is 11.8 Å². The van der Waals surface area contributed by atoms with Crippen LogP contribution in [0.4, 0.5) is 0 Å². The SMILES string of the molecule is CC(C)NCc1ccc(CN2CCC(C)C(C)C2)cc1. The third-order valence-electron chi connectivity index (χ3n) is 4.56. The number of nitrogens with one attached hydrogen (secondary N) is 1. The fourth-order valence-corrected chi connectivity index (χ4v) is 2.84. The second kappa shape index (κ2) is 7.24. The molecule has 0 bridgehead atoms. The summed E-state index contributed by atoms with van der Waals surface area (Å²) in [4.78, 5) is 2.60. The van der Waals surface area contributed by atoms with Crippen molar-refractivity contribution in [1.29, 1.82) is 0 Å². The number of piperidine rings is 1. The number of hydrogen-bond donors (Lipinski definition) is 1. The summed E-state index contributed by atoms with van der Waals surface area (Å²) in [6, 6.07) is 9.66. The number of rotatable bonds is 5. The van der Waals surface area contributed by atoms with Crippen molar-refractivity contribution in [1.82, 2.24) is 10.2 Å². The van der Waals surface area contributed by atoms with Crippen LogP contribution in [0.25, 0.3) is 0 Å². The quantitative estimate of drug-likeness (QED) is 0.881. The number of benzene rings is 1. The van der Waals surface area contributed by atoms with Crippen molar-refractivity contribution in [2.24, 2.45) is 11.8 Å². The molecule has 1 N–H and O–H groups in total. The Morgan fingerprint density at radius 3 is 2.35 bits per heavy atom.